The third-order valence-electron chi connectivity index (χ3n) is 2.94. The summed E-state index contributed by atoms with van der Waals surface area (Å²) in [7, 11) is 4.00. The summed E-state index contributed by atoms with van der Waals surface area (Å²) in [5.74, 6) is -0.111. The molecule has 0 saturated heterocycles. The molecule has 0 spiro atoms. The molecule has 1 rings (SSSR count). The van der Waals surface area contributed by atoms with Gasteiger partial charge in [-0.15, -0.1) is 0 Å². The summed E-state index contributed by atoms with van der Waals surface area (Å²) in [4.78, 5) is 13.0. The Kier molecular flexibility index (Phi) is 7.64. The second-order valence-electron chi connectivity index (χ2n) is 5.12. The molecule has 0 heterocycles. The summed E-state index contributed by atoms with van der Waals surface area (Å²) in [5, 5.41) is 17.7. The monoisotopic (exact) mass is 318 g/mol. The van der Waals surface area contributed by atoms with Crippen molar-refractivity contribution in [1.82, 2.24) is 4.90 Å². The van der Waals surface area contributed by atoms with E-state index in [1.165, 1.54) is 6.08 Å². The van der Waals surface area contributed by atoms with Gasteiger partial charge in [-0.25, -0.2) is 4.79 Å². The quantitative estimate of drug-likeness (QED) is 0.428. The first-order chi connectivity index (χ1) is 11.0. The highest BCUT2D eigenvalue weighted by molar-refractivity contribution is 5.96. The molecule has 6 heteroatoms. The van der Waals surface area contributed by atoms with Crippen molar-refractivity contribution in [1.29, 1.82) is 5.26 Å². The van der Waals surface area contributed by atoms with Crippen LogP contribution in [0.2, 0.25) is 0 Å². The Morgan fingerprint density at radius 3 is 2.65 bits per heavy atom. The van der Waals surface area contributed by atoms with E-state index in [1.54, 1.807) is 24.3 Å². The predicted molar refractivity (Wildman–Crippen MR) is 87.5 cm³/mol. The fraction of sp³-hybridized carbons (Fsp3) is 0.412. The van der Waals surface area contributed by atoms with E-state index in [0.29, 0.717) is 30.3 Å². The minimum absolute atomic E-state index is 0.327. The van der Waals surface area contributed by atoms with Crippen LogP contribution < -0.4 is 9.47 Å². The number of nitrogens with zero attached hydrogens (tertiary/aromatic N) is 2. The first-order valence-electron chi connectivity index (χ1n) is 7.37. The maximum atomic E-state index is 10.9. The molecule has 0 aliphatic heterocycles. The van der Waals surface area contributed by atoms with Crippen LogP contribution in [0.15, 0.2) is 23.8 Å². The molecule has 0 aliphatic carbocycles. The van der Waals surface area contributed by atoms with Gasteiger partial charge in [-0.2, -0.15) is 5.26 Å². The first-order valence-corrected chi connectivity index (χ1v) is 7.37. The number of hydrogen-bond acceptors (Lipinski definition) is 5. The van der Waals surface area contributed by atoms with Crippen molar-refractivity contribution in [2.24, 2.45) is 0 Å². The summed E-state index contributed by atoms with van der Waals surface area (Å²) < 4.78 is 11.3. The van der Waals surface area contributed by atoms with Gasteiger partial charge in [-0.3, -0.25) is 0 Å². The lowest BCUT2D eigenvalue weighted by molar-refractivity contribution is -0.132. The second-order valence-corrected chi connectivity index (χ2v) is 5.12. The number of hydrogen-bond donors (Lipinski definition) is 1. The molecular formula is C17H22N2O4. The van der Waals surface area contributed by atoms with Crippen molar-refractivity contribution in [3.63, 3.8) is 0 Å². The number of rotatable bonds is 9. The number of aliphatic carboxylic acids is 1. The van der Waals surface area contributed by atoms with E-state index in [-0.39, 0.29) is 5.57 Å². The second kappa shape index (κ2) is 9.49. The van der Waals surface area contributed by atoms with Crippen LogP contribution >= 0.6 is 0 Å². The smallest absolute Gasteiger partial charge is 0.346 e. The van der Waals surface area contributed by atoms with E-state index in [4.69, 9.17) is 19.8 Å². The lowest BCUT2D eigenvalue weighted by Gasteiger charge is -2.14. The van der Waals surface area contributed by atoms with Gasteiger partial charge in [0.05, 0.1) is 13.2 Å². The highest BCUT2D eigenvalue weighted by Crippen LogP contribution is 2.29. The first kappa shape index (κ1) is 18.5. The highest BCUT2D eigenvalue weighted by atomic mass is 16.5. The van der Waals surface area contributed by atoms with E-state index in [2.05, 4.69) is 4.90 Å². The minimum Gasteiger partial charge on any atom is -0.490 e. The summed E-state index contributed by atoms with van der Waals surface area (Å²) in [5.41, 5.74) is 0.250. The normalized spacial score (nSPS) is 11.2. The molecule has 0 amide bonds. The summed E-state index contributed by atoms with van der Waals surface area (Å²) in [6.45, 7) is 3.81. The van der Waals surface area contributed by atoms with Crippen LogP contribution in [0.3, 0.4) is 0 Å². The van der Waals surface area contributed by atoms with E-state index in [0.717, 1.165) is 13.0 Å². The fourth-order valence-electron chi connectivity index (χ4n) is 1.87. The van der Waals surface area contributed by atoms with Gasteiger partial charge < -0.3 is 19.5 Å². The van der Waals surface area contributed by atoms with Crippen molar-refractivity contribution in [2.45, 2.75) is 13.3 Å². The highest BCUT2D eigenvalue weighted by Gasteiger charge is 2.09. The molecule has 1 aromatic rings. The van der Waals surface area contributed by atoms with Crippen LogP contribution in [0.4, 0.5) is 0 Å². The molecule has 0 radical (unpaired) electrons. The lowest BCUT2D eigenvalue weighted by Crippen LogP contribution is -2.15. The van der Waals surface area contributed by atoms with E-state index < -0.39 is 5.97 Å². The van der Waals surface area contributed by atoms with Gasteiger partial charge in [0.25, 0.3) is 0 Å². The van der Waals surface area contributed by atoms with E-state index in [9.17, 15) is 4.79 Å². The third-order valence-corrected chi connectivity index (χ3v) is 2.94. The number of ether oxygens (including phenoxy) is 2. The molecule has 23 heavy (non-hydrogen) atoms. The molecule has 0 bridgehead atoms. The SMILES string of the molecule is CCOc1cc(/C=C(/C#N)C(=O)O)ccc1OCCCN(C)C. The molecule has 6 nitrogen and oxygen atoms in total. The van der Waals surface area contributed by atoms with Crippen LogP contribution in [-0.4, -0.2) is 49.8 Å². The van der Waals surface area contributed by atoms with Crippen LogP contribution in [0.25, 0.3) is 6.08 Å². The predicted octanol–water partition coefficient (Wildman–Crippen LogP) is 2.41. The number of nitriles is 1. The van der Waals surface area contributed by atoms with Gasteiger partial charge in [0.1, 0.15) is 11.6 Å². The van der Waals surface area contributed by atoms with Crippen LogP contribution in [0.1, 0.15) is 18.9 Å². The van der Waals surface area contributed by atoms with Gasteiger partial charge in [0.15, 0.2) is 11.5 Å². The molecule has 0 aliphatic rings. The Labute approximate surface area is 136 Å². The molecule has 0 aromatic heterocycles. The number of carboxylic acids is 1. The Bertz CT molecular complexity index is 603. The zero-order valence-electron chi connectivity index (χ0n) is 13.7. The molecule has 1 N–H and O–H groups in total. The van der Waals surface area contributed by atoms with Gasteiger partial charge >= 0.3 is 5.97 Å². The third kappa shape index (κ3) is 6.41. The van der Waals surface area contributed by atoms with Crippen molar-refractivity contribution in [2.75, 3.05) is 33.9 Å². The average molecular weight is 318 g/mol. The van der Waals surface area contributed by atoms with Gasteiger partial charge in [-0.05, 0) is 51.2 Å². The van der Waals surface area contributed by atoms with Crippen LogP contribution in [0.5, 0.6) is 11.5 Å². The standard InChI is InChI=1S/C17H22N2O4/c1-4-22-16-11-13(10-14(12-18)17(20)21)6-7-15(16)23-9-5-8-19(2)3/h6-7,10-11H,4-5,8-9H2,1-3H3,(H,20,21)/b14-10-. The molecule has 0 atom stereocenters. The van der Waals surface area contributed by atoms with E-state index >= 15 is 0 Å². The van der Waals surface area contributed by atoms with Gasteiger partial charge in [-0.1, -0.05) is 6.07 Å². The Hall–Kier alpha value is -2.52. The zero-order chi connectivity index (χ0) is 17.2. The number of carboxylic acid groups (broad SMARTS) is 1. The van der Waals surface area contributed by atoms with Crippen molar-refractivity contribution >= 4 is 12.0 Å². The Morgan fingerprint density at radius 2 is 2.09 bits per heavy atom. The molecule has 1 aromatic carbocycles. The summed E-state index contributed by atoms with van der Waals surface area (Å²) in [6.07, 6.45) is 2.19. The maximum absolute atomic E-state index is 10.9. The Balaban J connectivity index is 2.89. The molecule has 0 unspecified atom stereocenters. The number of carbonyl (C=O) groups is 1. The Morgan fingerprint density at radius 1 is 1.35 bits per heavy atom. The molecular weight excluding hydrogens is 296 g/mol. The largest absolute Gasteiger partial charge is 0.490 e. The molecule has 124 valence electrons. The van der Waals surface area contributed by atoms with E-state index in [1.807, 2.05) is 21.0 Å². The number of benzene rings is 1. The lowest BCUT2D eigenvalue weighted by atomic mass is 10.1. The fourth-order valence-corrected chi connectivity index (χ4v) is 1.87. The van der Waals surface area contributed by atoms with Crippen LogP contribution in [-0.2, 0) is 4.79 Å². The summed E-state index contributed by atoms with van der Waals surface area (Å²) in [6, 6.07) is 6.75. The van der Waals surface area contributed by atoms with Crippen molar-refractivity contribution in [3.8, 4) is 17.6 Å². The van der Waals surface area contributed by atoms with Gasteiger partial charge in [0, 0.05) is 6.54 Å². The summed E-state index contributed by atoms with van der Waals surface area (Å²) >= 11 is 0. The zero-order valence-corrected chi connectivity index (χ0v) is 13.7. The molecule has 0 fully saturated rings. The minimum atomic E-state index is -1.26. The topological polar surface area (TPSA) is 82.8 Å². The van der Waals surface area contributed by atoms with Crippen LogP contribution in [0, 0.1) is 11.3 Å². The van der Waals surface area contributed by atoms with Gasteiger partial charge in [0.2, 0.25) is 0 Å². The maximum Gasteiger partial charge on any atom is 0.346 e. The average Bonchev–Trinajstić information content (AvgIpc) is 2.50. The molecule has 0 saturated carbocycles. The van der Waals surface area contributed by atoms with Crippen molar-refractivity contribution in [3.05, 3.63) is 29.3 Å². The van der Waals surface area contributed by atoms with Crippen molar-refractivity contribution < 1.29 is 19.4 Å².